The standard InChI is InChI=1S/C28H30N4O3/c1-34-20-26-30-27(22-14-16-25(35-2)17-15-22)32(31-26)24-13-8-12-23(19-24)28(33)29-18-7-6-11-21-9-4-3-5-10-21/h3-5,8-10,12-17,19H,6-7,11,18,20H2,1-2H3,(H,29,33). The van der Waals surface area contributed by atoms with E-state index in [1.54, 1.807) is 18.9 Å². The Morgan fingerprint density at radius 3 is 2.49 bits per heavy atom. The number of nitrogens with one attached hydrogen (secondary N) is 1. The van der Waals surface area contributed by atoms with Crippen molar-refractivity contribution < 1.29 is 14.3 Å². The van der Waals surface area contributed by atoms with Crippen LogP contribution in [-0.4, -0.2) is 41.4 Å². The van der Waals surface area contributed by atoms with Crippen LogP contribution in [0.5, 0.6) is 5.75 Å². The predicted octanol–water partition coefficient (Wildman–Crippen LogP) is 4.84. The molecule has 3 aromatic carbocycles. The maximum Gasteiger partial charge on any atom is 0.251 e. The molecular weight excluding hydrogens is 440 g/mol. The monoisotopic (exact) mass is 470 g/mol. The summed E-state index contributed by atoms with van der Waals surface area (Å²) in [6.07, 6.45) is 2.96. The van der Waals surface area contributed by atoms with Crippen LogP contribution in [0.3, 0.4) is 0 Å². The zero-order valence-corrected chi connectivity index (χ0v) is 20.1. The van der Waals surface area contributed by atoms with Gasteiger partial charge in [-0.2, -0.15) is 0 Å². The minimum Gasteiger partial charge on any atom is -0.497 e. The van der Waals surface area contributed by atoms with Gasteiger partial charge in [-0.25, -0.2) is 9.67 Å². The number of amides is 1. The predicted molar refractivity (Wildman–Crippen MR) is 136 cm³/mol. The second-order valence-electron chi connectivity index (χ2n) is 8.17. The van der Waals surface area contributed by atoms with Crippen LogP contribution in [0, 0.1) is 0 Å². The molecule has 0 radical (unpaired) electrons. The van der Waals surface area contributed by atoms with Crippen molar-refractivity contribution in [3.8, 4) is 22.8 Å². The van der Waals surface area contributed by atoms with Crippen molar-refractivity contribution in [3.63, 3.8) is 0 Å². The Kier molecular flexibility index (Phi) is 8.25. The fourth-order valence-corrected chi connectivity index (χ4v) is 3.83. The number of hydrogen-bond donors (Lipinski definition) is 1. The molecule has 180 valence electrons. The van der Waals surface area contributed by atoms with Gasteiger partial charge in [0.15, 0.2) is 11.6 Å². The summed E-state index contributed by atoms with van der Waals surface area (Å²) in [6.45, 7) is 0.924. The molecular formula is C28H30N4O3. The van der Waals surface area contributed by atoms with Gasteiger partial charge in [0.25, 0.3) is 5.91 Å². The quantitative estimate of drug-likeness (QED) is 0.317. The van der Waals surface area contributed by atoms with E-state index < -0.39 is 0 Å². The highest BCUT2D eigenvalue weighted by Gasteiger charge is 2.15. The summed E-state index contributed by atoms with van der Waals surface area (Å²) >= 11 is 0. The molecule has 1 amide bonds. The number of rotatable bonds is 11. The first-order valence-corrected chi connectivity index (χ1v) is 11.7. The first-order valence-electron chi connectivity index (χ1n) is 11.7. The normalized spacial score (nSPS) is 10.8. The lowest BCUT2D eigenvalue weighted by Crippen LogP contribution is -2.24. The van der Waals surface area contributed by atoms with Crippen molar-refractivity contribution in [2.75, 3.05) is 20.8 Å². The second kappa shape index (κ2) is 11.9. The van der Waals surface area contributed by atoms with Gasteiger partial charge in [-0.05, 0) is 67.3 Å². The number of methoxy groups -OCH3 is 2. The summed E-state index contributed by atoms with van der Waals surface area (Å²) in [5.41, 5.74) is 3.53. The Morgan fingerprint density at radius 1 is 0.943 bits per heavy atom. The molecule has 0 saturated heterocycles. The summed E-state index contributed by atoms with van der Waals surface area (Å²) in [5, 5.41) is 7.65. The summed E-state index contributed by atoms with van der Waals surface area (Å²) in [4.78, 5) is 17.5. The molecule has 0 aliphatic carbocycles. The van der Waals surface area contributed by atoms with Crippen LogP contribution in [0.2, 0.25) is 0 Å². The van der Waals surface area contributed by atoms with E-state index in [0.29, 0.717) is 30.4 Å². The summed E-state index contributed by atoms with van der Waals surface area (Å²) in [7, 11) is 3.24. The molecule has 7 nitrogen and oxygen atoms in total. The van der Waals surface area contributed by atoms with Crippen molar-refractivity contribution in [1.82, 2.24) is 20.1 Å². The van der Waals surface area contributed by atoms with Crippen molar-refractivity contribution in [2.45, 2.75) is 25.9 Å². The van der Waals surface area contributed by atoms with Crippen molar-refractivity contribution in [2.24, 2.45) is 0 Å². The molecule has 0 aliphatic heterocycles. The molecule has 0 unspecified atom stereocenters. The maximum absolute atomic E-state index is 12.8. The lowest BCUT2D eigenvalue weighted by Gasteiger charge is -2.09. The van der Waals surface area contributed by atoms with Crippen LogP contribution in [0.1, 0.15) is 34.6 Å². The van der Waals surface area contributed by atoms with Gasteiger partial charge < -0.3 is 14.8 Å². The lowest BCUT2D eigenvalue weighted by molar-refractivity contribution is 0.0953. The van der Waals surface area contributed by atoms with E-state index in [0.717, 1.165) is 36.3 Å². The number of ether oxygens (including phenoxy) is 2. The molecule has 0 aliphatic rings. The van der Waals surface area contributed by atoms with Gasteiger partial charge in [-0.1, -0.05) is 36.4 Å². The molecule has 0 fully saturated rings. The largest absolute Gasteiger partial charge is 0.497 e. The number of aryl methyl sites for hydroxylation is 1. The fraction of sp³-hybridized carbons (Fsp3) is 0.250. The number of carbonyl (C=O) groups is 1. The zero-order valence-electron chi connectivity index (χ0n) is 20.1. The fourth-order valence-electron chi connectivity index (χ4n) is 3.83. The Labute approximate surface area is 205 Å². The maximum atomic E-state index is 12.8. The molecule has 1 heterocycles. The number of benzene rings is 3. The molecule has 1 aromatic heterocycles. The molecule has 1 N–H and O–H groups in total. The Bertz CT molecular complexity index is 1240. The first-order chi connectivity index (χ1) is 17.2. The highest BCUT2D eigenvalue weighted by Crippen LogP contribution is 2.24. The van der Waals surface area contributed by atoms with E-state index in [1.165, 1.54) is 5.56 Å². The molecule has 0 atom stereocenters. The van der Waals surface area contributed by atoms with Crippen LogP contribution in [0.25, 0.3) is 17.1 Å². The average molecular weight is 471 g/mol. The summed E-state index contributed by atoms with van der Waals surface area (Å²) in [5.74, 6) is 1.89. The first kappa shape index (κ1) is 24.2. The molecule has 0 bridgehead atoms. The van der Waals surface area contributed by atoms with E-state index in [2.05, 4.69) is 39.7 Å². The average Bonchev–Trinajstić information content (AvgIpc) is 3.33. The lowest BCUT2D eigenvalue weighted by atomic mass is 10.1. The molecule has 7 heteroatoms. The molecule has 4 aromatic rings. The van der Waals surface area contributed by atoms with Crippen molar-refractivity contribution in [1.29, 1.82) is 0 Å². The van der Waals surface area contributed by atoms with Gasteiger partial charge in [0.05, 0.1) is 12.8 Å². The Morgan fingerprint density at radius 2 is 1.74 bits per heavy atom. The highest BCUT2D eigenvalue weighted by molar-refractivity contribution is 5.94. The molecule has 35 heavy (non-hydrogen) atoms. The third kappa shape index (κ3) is 6.33. The summed E-state index contributed by atoms with van der Waals surface area (Å²) < 4.78 is 12.2. The minimum absolute atomic E-state index is 0.102. The highest BCUT2D eigenvalue weighted by atomic mass is 16.5. The van der Waals surface area contributed by atoms with Gasteiger partial charge >= 0.3 is 0 Å². The van der Waals surface area contributed by atoms with Gasteiger partial charge in [-0.15, -0.1) is 5.10 Å². The number of unbranched alkanes of at least 4 members (excludes halogenated alkanes) is 1. The zero-order chi connectivity index (χ0) is 24.5. The van der Waals surface area contributed by atoms with Gasteiger partial charge in [0, 0.05) is 24.8 Å². The van der Waals surface area contributed by atoms with Crippen LogP contribution in [-0.2, 0) is 17.8 Å². The Hall–Kier alpha value is -3.97. The second-order valence-corrected chi connectivity index (χ2v) is 8.17. The Balaban J connectivity index is 1.46. The molecule has 4 rings (SSSR count). The minimum atomic E-state index is -0.102. The third-order valence-corrected chi connectivity index (χ3v) is 5.65. The number of carbonyl (C=O) groups excluding carboxylic acids is 1. The third-order valence-electron chi connectivity index (χ3n) is 5.65. The van der Waals surface area contributed by atoms with E-state index in [4.69, 9.17) is 9.47 Å². The van der Waals surface area contributed by atoms with E-state index >= 15 is 0 Å². The van der Waals surface area contributed by atoms with E-state index in [9.17, 15) is 4.79 Å². The van der Waals surface area contributed by atoms with E-state index in [-0.39, 0.29) is 5.91 Å². The topological polar surface area (TPSA) is 78.3 Å². The molecule has 0 saturated carbocycles. The van der Waals surface area contributed by atoms with Crippen LogP contribution in [0.15, 0.2) is 78.9 Å². The van der Waals surface area contributed by atoms with Crippen LogP contribution in [0.4, 0.5) is 0 Å². The van der Waals surface area contributed by atoms with Gasteiger partial charge in [0.1, 0.15) is 12.4 Å². The molecule has 0 spiro atoms. The number of hydrogen-bond acceptors (Lipinski definition) is 5. The van der Waals surface area contributed by atoms with Gasteiger partial charge in [-0.3, -0.25) is 4.79 Å². The SMILES string of the molecule is COCc1nc(-c2ccc(OC)cc2)n(-c2cccc(C(=O)NCCCCc3ccccc3)c2)n1. The van der Waals surface area contributed by atoms with Crippen molar-refractivity contribution in [3.05, 3.63) is 95.8 Å². The number of nitrogens with zero attached hydrogens (tertiary/aromatic N) is 3. The van der Waals surface area contributed by atoms with Crippen LogP contribution < -0.4 is 10.1 Å². The number of aromatic nitrogens is 3. The van der Waals surface area contributed by atoms with Crippen molar-refractivity contribution >= 4 is 5.91 Å². The van der Waals surface area contributed by atoms with Crippen LogP contribution >= 0.6 is 0 Å². The smallest absolute Gasteiger partial charge is 0.251 e. The van der Waals surface area contributed by atoms with Gasteiger partial charge in [0.2, 0.25) is 0 Å². The summed E-state index contributed by atoms with van der Waals surface area (Å²) in [6, 6.07) is 25.4. The van der Waals surface area contributed by atoms with E-state index in [1.807, 2.05) is 54.6 Å².